The summed E-state index contributed by atoms with van der Waals surface area (Å²) in [5.41, 5.74) is 2.35. The van der Waals surface area contributed by atoms with E-state index in [0.717, 1.165) is 0 Å². The molecule has 0 amide bonds. The van der Waals surface area contributed by atoms with E-state index in [-0.39, 0.29) is 182 Å². The summed E-state index contributed by atoms with van der Waals surface area (Å²) in [6.45, 7) is 7.72. The van der Waals surface area contributed by atoms with Crippen LogP contribution in [0, 0.1) is 0 Å². The highest BCUT2D eigenvalue weighted by Crippen LogP contribution is 2.36. The number of benzene rings is 6. The molecule has 0 bridgehead atoms. The van der Waals surface area contributed by atoms with Crippen molar-refractivity contribution in [2.24, 2.45) is 0 Å². The molecule has 0 aromatic heterocycles. The van der Waals surface area contributed by atoms with Crippen molar-refractivity contribution in [3.8, 4) is 69.0 Å². The molecule has 22 heteroatoms. The molecular weight excluding hydrogens is 1140 g/mol. The lowest BCUT2D eigenvalue weighted by atomic mass is 10.0. The summed E-state index contributed by atoms with van der Waals surface area (Å²) >= 11 is 0. The summed E-state index contributed by atoms with van der Waals surface area (Å²) in [6, 6.07) is 29.9. The summed E-state index contributed by atoms with van der Waals surface area (Å²) in [6.07, 6.45) is 0. The molecule has 0 N–H and O–H groups in total. The van der Waals surface area contributed by atoms with E-state index in [4.69, 9.17) is 85.3 Å². The van der Waals surface area contributed by atoms with Crippen molar-refractivity contribution in [3.05, 3.63) is 143 Å². The molecule has 9 rings (SSSR count). The van der Waals surface area contributed by atoms with Crippen LogP contribution >= 0.6 is 0 Å². The predicted molar refractivity (Wildman–Crippen MR) is 316 cm³/mol. The second-order valence-electron chi connectivity index (χ2n) is 19.6. The molecule has 3 aliphatic rings. The van der Waals surface area contributed by atoms with Gasteiger partial charge in [0.2, 0.25) is 0 Å². The van der Waals surface area contributed by atoms with Gasteiger partial charge >= 0.3 is 0 Å². The van der Waals surface area contributed by atoms with E-state index in [9.17, 15) is 19.2 Å². The van der Waals surface area contributed by atoms with Gasteiger partial charge in [-0.3, -0.25) is 19.2 Å². The van der Waals surface area contributed by atoms with Crippen LogP contribution in [0.1, 0.15) is 66.4 Å². The summed E-state index contributed by atoms with van der Waals surface area (Å²) in [7, 11) is 0. The van der Waals surface area contributed by atoms with Crippen LogP contribution < -0.4 is 56.8 Å². The van der Waals surface area contributed by atoms with E-state index in [1.165, 1.54) is 13.8 Å². The topological polar surface area (TPSA) is 234 Å². The van der Waals surface area contributed by atoms with Crippen LogP contribution in [-0.4, -0.2) is 182 Å². The third-order valence-corrected chi connectivity index (χ3v) is 13.3. The summed E-state index contributed by atoms with van der Waals surface area (Å²) in [5, 5.41) is 0. The van der Waals surface area contributed by atoms with Gasteiger partial charge in [0.25, 0.3) is 0 Å². The van der Waals surface area contributed by atoms with Crippen molar-refractivity contribution in [3.63, 3.8) is 0 Å². The lowest BCUT2D eigenvalue weighted by molar-refractivity contribution is 0.0639. The van der Waals surface area contributed by atoms with Crippen LogP contribution in [0.5, 0.6) is 69.0 Å². The second-order valence-corrected chi connectivity index (χ2v) is 19.6. The minimum Gasteiger partial charge on any atom is -0.487 e. The zero-order valence-electron chi connectivity index (χ0n) is 49.3. The Hall–Kier alpha value is -8.64. The molecule has 0 aliphatic carbocycles. The van der Waals surface area contributed by atoms with E-state index in [0.29, 0.717) is 102 Å². The molecule has 88 heavy (non-hydrogen) atoms. The molecule has 3 heterocycles. The van der Waals surface area contributed by atoms with Crippen molar-refractivity contribution in [2.75, 3.05) is 159 Å². The second kappa shape index (κ2) is 34.0. The van der Waals surface area contributed by atoms with Gasteiger partial charge in [-0.25, -0.2) is 0 Å². The number of carbonyl (C=O) groups excluding carboxylic acids is 4. The fraction of sp³-hybridized carbons (Fsp3) is 0.394. The minimum atomic E-state index is -0.301. The molecule has 0 atom stereocenters. The molecule has 0 unspecified atom stereocenters. The minimum absolute atomic E-state index is 0.0949. The summed E-state index contributed by atoms with van der Waals surface area (Å²) < 4.78 is 107. The van der Waals surface area contributed by atoms with E-state index < -0.39 is 0 Å². The van der Waals surface area contributed by atoms with E-state index >= 15 is 0 Å². The van der Waals surface area contributed by atoms with Crippen LogP contribution in [0.15, 0.2) is 109 Å². The van der Waals surface area contributed by atoms with Gasteiger partial charge in [-0.15, -0.1) is 0 Å². The molecular formula is C66H72O22. The van der Waals surface area contributed by atoms with Gasteiger partial charge in [-0.2, -0.15) is 0 Å². The fourth-order valence-corrected chi connectivity index (χ4v) is 8.92. The van der Waals surface area contributed by atoms with E-state index in [2.05, 4.69) is 0 Å². The molecule has 6 aromatic carbocycles. The van der Waals surface area contributed by atoms with Crippen LogP contribution in [0.2, 0.25) is 0 Å². The molecule has 0 radical (unpaired) electrons. The lowest BCUT2D eigenvalue weighted by Gasteiger charge is -2.17. The van der Waals surface area contributed by atoms with Crippen molar-refractivity contribution < 1.29 is 104 Å². The van der Waals surface area contributed by atoms with Gasteiger partial charge in [-0.1, -0.05) is 0 Å². The van der Waals surface area contributed by atoms with Crippen LogP contribution in [0.4, 0.5) is 0 Å². The largest absolute Gasteiger partial charge is 0.487 e. The smallest absolute Gasteiger partial charge is 0.193 e. The fourth-order valence-electron chi connectivity index (χ4n) is 8.92. The van der Waals surface area contributed by atoms with Gasteiger partial charge in [0, 0.05) is 33.4 Å². The van der Waals surface area contributed by atoms with Gasteiger partial charge < -0.3 is 85.3 Å². The molecule has 6 aromatic rings. The Morgan fingerprint density at radius 2 is 0.352 bits per heavy atom. The maximum atomic E-state index is 14.1. The first kappa shape index (κ1) is 63.9. The van der Waals surface area contributed by atoms with Gasteiger partial charge in [0.05, 0.1) is 79.3 Å². The Morgan fingerprint density at radius 3 is 0.523 bits per heavy atom. The first-order valence-electron chi connectivity index (χ1n) is 29.1. The lowest BCUT2D eigenvalue weighted by Crippen LogP contribution is -2.16. The van der Waals surface area contributed by atoms with Gasteiger partial charge in [-0.05, 0) is 123 Å². The Bertz CT molecular complexity index is 3060. The first-order valence-corrected chi connectivity index (χ1v) is 29.1. The Balaban J connectivity index is 0.778. The van der Waals surface area contributed by atoms with Crippen molar-refractivity contribution in [2.45, 2.75) is 13.8 Å². The maximum absolute atomic E-state index is 14.1. The number of fused-ring (bicyclic) bond motifs is 6. The number of hydrogen-bond acceptors (Lipinski definition) is 22. The van der Waals surface area contributed by atoms with Crippen LogP contribution in [0.3, 0.4) is 0 Å². The number of hydrogen-bond donors (Lipinski definition) is 0. The molecule has 468 valence electrons. The third kappa shape index (κ3) is 19.2. The van der Waals surface area contributed by atoms with Crippen LogP contribution in [0.25, 0.3) is 0 Å². The normalized spacial score (nSPS) is 16.7. The monoisotopic (exact) mass is 1220 g/mol. The zero-order chi connectivity index (χ0) is 61.1. The molecule has 0 fully saturated rings. The van der Waals surface area contributed by atoms with Crippen molar-refractivity contribution in [1.82, 2.24) is 0 Å². The summed E-state index contributed by atoms with van der Waals surface area (Å²) in [4.78, 5) is 52.3. The number of carbonyl (C=O) groups is 4. The molecule has 22 nitrogen and oxygen atoms in total. The van der Waals surface area contributed by atoms with Gasteiger partial charge in [0.1, 0.15) is 79.3 Å². The quantitative estimate of drug-likeness (QED) is 0.142. The number of ether oxygens (including phenoxy) is 18. The van der Waals surface area contributed by atoms with Crippen LogP contribution in [-0.2, 0) is 28.4 Å². The highest BCUT2D eigenvalue weighted by atomic mass is 16.6. The SMILES string of the molecule is CC(=O)c1ccc2c(c1)OCCOCCOc1cc(C(=O)c3ccc4c(c3)OCCOCCOc3ccc(C(=O)c5ccc6c(c5)OCCOCCOc5cc(C(C)=O)ccc5OCCOCCO6)cc3OCCOCCO4)ccc1OCCOCCO2. The third-order valence-electron chi connectivity index (χ3n) is 13.3. The Kier molecular flexibility index (Phi) is 24.7. The molecule has 0 spiro atoms. The van der Waals surface area contributed by atoms with E-state index in [1.807, 2.05) is 0 Å². The average molecular weight is 1220 g/mol. The Morgan fingerprint density at radius 1 is 0.205 bits per heavy atom. The summed E-state index contributed by atoms with van der Waals surface area (Å²) in [5.74, 6) is 4.02. The van der Waals surface area contributed by atoms with Gasteiger partial charge in [0.15, 0.2) is 92.1 Å². The number of rotatable bonds is 6. The highest BCUT2D eigenvalue weighted by molar-refractivity contribution is 6.10. The van der Waals surface area contributed by atoms with E-state index in [1.54, 1.807) is 109 Å². The standard InChI is InChI=1S/C66H72O22/c1-45(67)47-3-9-53-59(39-47)83-33-21-75-25-37-87-63-43-51(5-11-55(63)79-29-17-71-15-27-77-53)65(69)49-7-13-57-61(41-49)85-35-23-73-20-32-82-58-14-8-50(42-62(58)86-36-24-74-19-31-81-57)66(70)52-6-12-56-64(44-52)88-38-26-76-22-34-84-60-40-48(46(2)68)4-10-54(60)78-28-16-72-18-30-80-56/h3-14,39-44H,15-38H2,1-2H3. The molecule has 0 saturated carbocycles. The maximum Gasteiger partial charge on any atom is 0.193 e. The van der Waals surface area contributed by atoms with Crippen molar-refractivity contribution >= 4 is 23.1 Å². The van der Waals surface area contributed by atoms with Crippen molar-refractivity contribution in [1.29, 1.82) is 0 Å². The number of Topliss-reactive ketones (excluding diaryl/α,β-unsaturated/α-hetero) is 2. The number of ketones is 4. The molecule has 0 saturated heterocycles. The molecule has 3 aliphatic heterocycles. The average Bonchev–Trinajstić information content (AvgIpc) is 3.69. The first-order chi connectivity index (χ1) is 43.2. The zero-order valence-corrected chi connectivity index (χ0v) is 49.3. The Labute approximate surface area is 509 Å². The highest BCUT2D eigenvalue weighted by Gasteiger charge is 2.21. The predicted octanol–water partition coefficient (Wildman–Crippen LogP) is 8.34.